The van der Waals surface area contributed by atoms with Gasteiger partial charge in [-0.15, -0.1) is 0 Å². The minimum Gasteiger partial charge on any atom is -0.481 e. The second-order valence-corrected chi connectivity index (χ2v) is 2.65. The topological polar surface area (TPSA) is 67.3 Å². The number of aliphatic carboxylic acids is 1. The van der Waals surface area contributed by atoms with E-state index < -0.39 is 17.6 Å². The number of carbonyl (C=O) groups is 2. The zero-order chi connectivity index (χ0) is 10.6. The molecule has 0 fully saturated rings. The summed E-state index contributed by atoms with van der Waals surface area (Å²) >= 11 is 0. The van der Waals surface area contributed by atoms with Gasteiger partial charge in [0.25, 0.3) is 0 Å². The average molecular weight is 197 g/mol. The van der Waals surface area contributed by atoms with E-state index in [1.54, 1.807) is 0 Å². The van der Waals surface area contributed by atoms with Gasteiger partial charge in [0.1, 0.15) is 5.69 Å². The van der Waals surface area contributed by atoms with Gasteiger partial charge in [0.15, 0.2) is 11.6 Å². The van der Waals surface area contributed by atoms with Crippen LogP contribution in [0.15, 0.2) is 18.3 Å². The van der Waals surface area contributed by atoms with Crippen molar-refractivity contribution in [1.29, 1.82) is 0 Å². The van der Waals surface area contributed by atoms with Crippen LogP contribution in [0, 0.1) is 5.82 Å². The van der Waals surface area contributed by atoms with Crippen LogP contribution >= 0.6 is 0 Å². The van der Waals surface area contributed by atoms with Gasteiger partial charge in [-0.05, 0) is 12.1 Å². The largest absolute Gasteiger partial charge is 0.481 e. The molecule has 0 amide bonds. The highest BCUT2D eigenvalue weighted by atomic mass is 19.1. The smallest absolute Gasteiger partial charge is 0.303 e. The minimum absolute atomic E-state index is 0.233. The van der Waals surface area contributed by atoms with Crippen molar-refractivity contribution in [2.75, 3.05) is 0 Å². The normalized spacial score (nSPS) is 9.79. The third-order valence-electron chi connectivity index (χ3n) is 1.59. The van der Waals surface area contributed by atoms with Gasteiger partial charge < -0.3 is 5.11 Å². The van der Waals surface area contributed by atoms with Crippen LogP contribution in [-0.4, -0.2) is 21.8 Å². The summed E-state index contributed by atoms with van der Waals surface area (Å²) in [6, 6.07) is 2.48. The van der Waals surface area contributed by atoms with E-state index in [9.17, 15) is 14.0 Å². The maximum absolute atomic E-state index is 12.9. The molecule has 1 aromatic heterocycles. The highest BCUT2D eigenvalue weighted by Gasteiger charge is 2.13. The number of carboxylic acid groups (broad SMARTS) is 1. The van der Waals surface area contributed by atoms with Gasteiger partial charge in [0.05, 0.1) is 6.42 Å². The fourth-order valence-electron chi connectivity index (χ4n) is 0.930. The first-order valence-corrected chi connectivity index (χ1v) is 3.97. The van der Waals surface area contributed by atoms with Gasteiger partial charge >= 0.3 is 5.97 Å². The molecule has 0 radical (unpaired) electrons. The second kappa shape index (κ2) is 4.45. The summed E-state index contributed by atoms with van der Waals surface area (Å²) in [6.45, 7) is 0. The Hall–Kier alpha value is -1.78. The number of carboxylic acids is 1. The summed E-state index contributed by atoms with van der Waals surface area (Å²) in [4.78, 5) is 24.9. The molecule has 14 heavy (non-hydrogen) atoms. The maximum atomic E-state index is 12.9. The highest BCUT2D eigenvalue weighted by molar-refractivity contribution is 5.95. The number of hydrogen-bond donors (Lipinski definition) is 1. The van der Waals surface area contributed by atoms with Crippen molar-refractivity contribution in [2.45, 2.75) is 12.8 Å². The quantitative estimate of drug-likeness (QED) is 0.738. The molecule has 0 bridgehead atoms. The first-order chi connectivity index (χ1) is 6.61. The van der Waals surface area contributed by atoms with E-state index in [2.05, 4.69) is 4.98 Å². The van der Waals surface area contributed by atoms with Crippen LogP contribution in [0.5, 0.6) is 0 Å². The Balaban J connectivity index is 2.70. The lowest BCUT2D eigenvalue weighted by atomic mass is 10.1. The van der Waals surface area contributed by atoms with Crippen LogP contribution in [0.2, 0.25) is 0 Å². The van der Waals surface area contributed by atoms with Crippen molar-refractivity contribution < 1.29 is 19.1 Å². The summed E-state index contributed by atoms with van der Waals surface area (Å²) in [7, 11) is 0. The lowest BCUT2D eigenvalue weighted by molar-refractivity contribution is -0.136. The Morgan fingerprint density at radius 2 is 2.14 bits per heavy atom. The summed E-state index contributed by atoms with van der Waals surface area (Å²) in [6.07, 6.45) is 0.745. The number of rotatable bonds is 4. The second-order valence-electron chi connectivity index (χ2n) is 2.65. The van der Waals surface area contributed by atoms with E-state index in [1.165, 1.54) is 12.3 Å². The molecule has 1 rings (SSSR count). The molecule has 0 saturated heterocycles. The Kier molecular flexibility index (Phi) is 3.28. The van der Waals surface area contributed by atoms with Crippen molar-refractivity contribution in [2.24, 2.45) is 0 Å². The Morgan fingerprint density at radius 3 is 2.71 bits per heavy atom. The minimum atomic E-state index is -1.09. The summed E-state index contributed by atoms with van der Waals surface area (Å²) < 4.78 is 12.9. The standard InChI is InChI=1S/C9H8FNO3/c10-6-2-1-5-11-9(6)7(12)3-4-8(13)14/h1-2,5H,3-4H2,(H,13,14). The molecule has 0 unspecified atom stereocenters. The van der Waals surface area contributed by atoms with E-state index in [0.717, 1.165) is 6.07 Å². The number of hydrogen-bond acceptors (Lipinski definition) is 3. The molecule has 1 heterocycles. The molecule has 0 aliphatic heterocycles. The van der Waals surface area contributed by atoms with E-state index in [-0.39, 0.29) is 18.5 Å². The summed E-state index contributed by atoms with van der Waals surface area (Å²) in [5.41, 5.74) is -0.297. The predicted molar refractivity (Wildman–Crippen MR) is 45.4 cm³/mol. The molecule has 0 aliphatic carbocycles. The molecule has 0 spiro atoms. The van der Waals surface area contributed by atoms with Crippen molar-refractivity contribution in [3.8, 4) is 0 Å². The lowest BCUT2D eigenvalue weighted by Gasteiger charge is -1.98. The van der Waals surface area contributed by atoms with Crippen LogP contribution in [0.1, 0.15) is 23.3 Å². The van der Waals surface area contributed by atoms with Crippen LogP contribution in [0.25, 0.3) is 0 Å². The third-order valence-corrected chi connectivity index (χ3v) is 1.59. The number of ketones is 1. The molecule has 4 nitrogen and oxygen atoms in total. The van der Waals surface area contributed by atoms with Gasteiger partial charge in [0.2, 0.25) is 0 Å². The SMILES string of the molecule is O=C(O)CCC(=O)c1ncccc1F. The fraction of sp³-hybridized carbons (Fsp3) is 0.222. The predicted octanol–water partition coefficient (Wildman–Crippen LogP) is 1.27. The number of halogens is 1. The maximum Gasteiger partial charge on any atom is 0.303 e. The van der Waals surface area contributed by atoms with Gasteiger partial charge in [-0.25, -0.2) is 4.39 Å². The van der Waals surface area contributed by atoms with Gasteiger partial charge in [0, 0.05) is 12.6 Å². The van der Waals surface area contributed by atoms with Crippen molar-refractivity contribution in [3.63, 3.8) is 0 Å². The van der Waals surface area contributed by atoms with E-state index in [4.69, 9.17) is 5.11 Å². The lowest BCUT2D eigenvalue weighted by Crippen LogP contribution is -2.07. The number of Topliss-reactive ketones (excluding diaryl/α,β-unsaturated/α-hetero) is 1. The highest BCUT2D eigenvalue weighted by Crippen LogP contribution is 2.06. The summed E-state index contributed by atoms with van der Waals surface area (Å²) in [5, 5.41) is 8.31. The van der Waals surface area contributed by atoms with Gasteiger partial charge in [-0.2, -0.15) is 0 Å². The number of carbonyl (C=O) groups excluding carboxylic acids is 1. The van der Waals surface area contributed by atoms with Crippen molar-refractivity contribution >= 4 is 11.8 Å². The van der Waals surface area contributed by atoms with Crippen molar-refractivity contribution in [3.05, 3.63) is 29.8 Å². The zero-order valence-corrected chi connectivity index (χ0v) is 7.24. The molecule has 0 atom stereocenters. The number of pyridine rings is 1. The molecular weight excluding hydrogens is 189 g/mol. The monoisotopic (exact) mass is 197 g/mol. The van der Waals surface area contributed by atoms with Crippen LogP contribution in [0.4, 0.5) is 4.39 Å². The molecule has 1 N–H and O–H groups in total. The molecule has 0 aromatic carbocycles. The van der Waals surface area contributed by atoms with E-state index in [0.29, 0.717) is 0 Å². The Bertz CT molecular complexity index is 365. The van der Waals surface area contributed by atoms with E-state index in [1.807, 2.05) is 0 Å². The fourth-order valence-corrected chi connectivity index (χ4v) is 0.930. The van der Waals surface area contributed by atoms with Crippen LogP contribution in [-0.2, 0) is 4.79 Å². The molecule has 74 valence electrons. The molecule has 1 aromatic rings. The molecule has 5 heteroatoms. The average Bonchev–Trinajstić information content (AvgIpc) is 2.15. The number of nitrogens with zero attached hydrogens (tertiary/aromatic N) is 1. The van der Waals surface area contributed by atoms with E-state index >= 15 is 0 Å². The molecular formula is C9H8FNO3. The number of aromatic nitrogens is 1. The van der Waals surface area contributed by atoms with Crippen LogP contribution < -0.4 is 0 Å². The third kappa shape index (κ3) is 2.62. The first kappa shape index (κ1) is 10.3. The molecule has 0 saturated carbocycles. The Morgan fingerprint density at radius 1 is 1.43 bits per heavy atom. The van der Waals surface area contributed by atoms with Crippen LogP contribution in [0.3, 0.4) is 0 Å². The van der Waals surface area contributed by atoms with Crippen molar-refractivity contribution in [1.82, 2.24) is 4.98 Å². The zero-order valence-electron chi connectivity index (χ0n) is 7.24. The summed E-state index contributed by atoms with van der Waals surface area (Å²) in [5.74, 6) is -2.40. The Labute approximate surface area is 79.4 Å². The van der Waals surface area contributed by atoms with Gasteiger partial charge in [-0.1, -0.05) is 0 Å². The molecule has 0 aliphatic rings. The van der Waals surface area contributed by atoms with Gasteiger partial charge in [-0.3, -0.25) is 14.6 Å². The first-order valence-electron chi connectivity index (χ1n) is 3.97.